The maximum absolute atomic E-state index is 6.26. The molecule has 4 aromatic rings. The Balaban J connectivity index is 1.33. The van der Waals surface area contributed by atoms with E-state index in [9.17, 15) is 0 Å². The van der Waals surface area contributed by atoms with E-state index in [4.69, 9.17) is 14.5 Å². The number of nitrogens with zero attached hydrogens (tertiary/aromatic N) is 6. The molecule has 1 N–H and O–H groups in total. The monoisotopic (exact) mass is 465 g/mol. The van der Waals surface area contributed by atoms with Gasteiger partial charge in [-0.25, -0.2) is 9.97 Å². The molecule has 9 heteroatoms. The summed E-state index contributed by atoms with van der Waals surface area (Å²) < 4.78 is 12.1. The lowest BCUT2D eigenvalue weighted by molar-refractivity contribution is 0.376. The predicted octanol–water partition coefficient (Wildman–Crippen LogP) is 5.89. The maximum atomic E-state index is 6.26. The number of hydrogen-bond donors (Lipinski definition) is 1. The van der Waals surface area contributed by atoms with Gasteiger partial charge in [-0.15, -0.1) is 5.10 Å². The quantitative estimate of drug-likeness (QED) is 0.348. The van der Waals surface area contributed by atoms with Crippen LogP contribution >= 0.6 is 0 Å². The molecule has 0 spiro atoms. The number of aromatic nitrogens is 3. The highest BCUT2D eigenvalue weighted by atomic mass is 16.5. The van der Waals surface area contributed by atoms with Crippen LogP contribution in [-0.2, 0) is 0 Å². The van der Waals surface area contributed by atoms with E-state index in [2.05, 4.69) is 30.7 Å². The van der Waals surface area contributed by atoms with E-state index < -0.39 is 0 Å². The lowest BCUT2D eigenvalue weighted by Crippen LogP contribution is -2.12. The maximum Gasteiger partial charge on any atom is 0.155 e. The second-order valence-electron chi connectivity index (χ2n) is 7.93. The van der Waals surface area contributed by atoms with Crippen LogP contribution in [0.25, 0.3) is 11.4 Å². The second-order valence-corrected chi connectivity index (χ2v) is 7.93. The Morgan fingerprint density at radius 2 is 1.86 bits per heavy atom. The molecule has 1 aromatic carbocycles. The molecule has 0 aliphatic carbocycles. The standard InChI is InChI=1S/C26H23N7O2/c1-17-12-24(26(30-18(17)2)23-8-3-4-10-27-23)35-22-9-11-28-25(14-22)31-19-6-5-7-21(13-19)34-16-20-15-29-33-32-20/h3-14H,15-16H2,1-2H3,(H,28,31). The van der Waals surface area contributed by atoms with E-state index >= 15 is 0 Å². The molecule has 174 valence electrons. The summed E-state index contributed by atoms with van der Waals surface area (Å²) in [4.78, 5) is 13.6. The van der Waals surface area contributed by atoms with Crippen LogP contribution in [-0.4, -0.2) is 33.8 Å². The van der Waals surface area contributed by atoms with Crippen molar-refractivity contribution >= 4 is 17.2 Å². The van der Waals surface area contributed by atoms with Crippen molar-refractivity contribution in [1.29, 1.82) is 0 Å². The third-order valence-corrected chi connectivity index (χ3v) is 5.31. The number of ether oxygens (including phenoxy) is 2. The van der Waals surface area contributed by atoms with Gasteiger partial charge in [-0.2, -0.15) is 5.11 Å². The topological polar surface area (TPSA) is 106 Å². The SMILES string of the molecule is Cc1cc(Oc2ccnc(Nc3cccc(OCC4=NN=NC4)c3)c2)c(-c2ccccn2)nc1C. The molecule has 0 atom stereocenters. The molecule has 3 aromatic heterocycles. The van der Waals surface area contributed by atoms with Gasteiger partial charge in [0.2, 0.25) is 0 Å². The molecule has 0 unspecified atom stereocenters. The van der Waals surface area contributed by atoms with Crippen LogP contribution in [0.1, 0.15) is 11.3 Å². The van der Waals surface area contributed by atoms with E-state index in [0.717, 1.165) is 28.4 Å². The normalized spacial score (nSPS) is 12.3. The summed E-state index contributed by atoms with van der Waals surface area (Å²) in [7, 11) is 0. The Bertz CT molecular complexity index is 1400. The van der Waals surface area contributed by atoms with Crippen molar-refractivity contribution in [1.82, 2.24) is 15.0 Å². The molecule has 9 nitrogen and oxygen atoms in total. The van der Waals surface area contributed by atoms with Crippen LogP contribution in [0.3, 0.4) is 0 Å². The summed E-state index contributed by atoms with van der Waals surface area (Å²) in [6.45, 7) is 4.81. The van der Waals surface area contributed by atoms with E-state index in [1.54, 1.807) is 18.5 Å². The fourth-order valence-corrected chi connectivity index (χ4v) is 3.41. The van der Waals surface area contributed by atoms with Crippen molar-refractivity contribution in [2.75, 3.05) is 18.5 Å². The molecular formula is C26H23N7O2. The average molecular weight is 466 g/mol. The van der Waals surface area contributed by atoms with Gasteiger partial charge in [0.05, 0.1) is 5.69 Å². The first-order chi connectivity index (χ1) is 17.1. The number of pyridine rings is 3. The van der Waals surface area contributed by atoms with Gasteiger partial charge in [-0.3, -0.25) is 4.98 Å². The van der Waals surface area contributed by atoms with Crippen molar-refractivity contribution in [3.05, 3.63) is 84.3 Å². The number of aryl methyl sites for hydroxylation is 2. The highest BCUT2D eigenvalue weighted by Crippen LogP contribution is 2.33. The zero-order valence-corrected chi connectivity index (χ0v) is 19.3. The Morgan fingerprint density at radius 3 is 2.69 bits per heavy atom. The van der Waals surface area contributed by atoms with Gasteiger partial charge < -0.3 is 14.8 Å². The lowest BCUT2D eigenvalue weighted by atomic mass is 10.1. The van der Waals surface area contributed by atoms with E-state index in [0.29, 0.717) is 41.9 Å². The molecule has 0 fully saturated rings. The summed E-state index contributed by atoms with van der Waals surface area (Å²) in [6.07, 6.45) is 3.44. The fraction of sp³-hybridized carbons (Fsp3) is 0.154. The molecule has 5 rings (SSSR count). The minimum absolute atomic E-state index is 0.348. The Hall–Kier alpha value is -4.66. The van der Waals surface area contributed by atoms with Crippen molar-refractivity contribution in [2.24, 2.45) is 15.4 Å². The molecule has 0 saturated heterocycles. The summed E-state index contributed by atoms with van der Waals surface area (Å²) in [5, 5.41) is 14.7. The highest BCUT2D eigenvalue weighted by molar-refractivity contribution is 5.88. The summed E-state index contributed by atoms with van der Waals surface area (Å²) in [5.41, 5.74) is 5.03. The van der Waals surface area contributed by atoms with Crippen molar-refractivity contribution in [2.45, 2.75) is 13.8 Å². The largest absolute Gasteiger partial charge is 0.487 e. The van der Waals surface area contributed by atoms with Gasteiger partial charge in [-0.05, 0) is 61.0 Å². The van der Waals surface area contributed by atoms with Gasteiger partial charge in [0.15, 0.2) is 5.75 Å². The highest BCUT2D eigenvalue weighted by Gasteiger charge is 2.13. The second kappa shape index (κ2) is 10.1. The third-order valence-electron chi connectivity index (χ3n) is 5.31. The van der Waals surface area contributed by atoms with E-state index in [1.807, 2.05) is 68.4 Å². The number of rotatable bonds is 8. The molecule has 1 aliphatic heterocycles. The van der Waals surface area contributed by atoms with Crippen LogP contribution in [0.5, 0.6) is 17.2 Å². The number of nitrogens with one attached hydrogen (secondary N) is 1. The first kappa shape index (κ1) is 22.1. The van der Waals surface area contributed by atoms with Crippen LogP contribution in [0.15, 0.2) is 88.5 Å². The Kier molecular flexibility index (Phi) is 6.38. The van der Waals surface area contributed by atoms with Gasteiger partial charge >= 0.3 is 0 Å². The molecule has 0 radical (unpaired) electrons. The van der Waals surface area contributed by atoms with Gasteiger partial charge in [0.25, 0.3) is 0 Å². The minimum Gasteiger partial charge on any atom is -0.487 e. The molecule has 4 heterocycles. The first-order valence-corrected chi connectivity index (χ1v) is 11.1. The van der Waals surface area contributed by atoms with Crippen LogP contribution < -0.4 is 14.8 Å². The van der Waals surface area contributed by atoms with Crippen LogP contribution in [0.2, 0.25) is 0 Å². The van der Waals surface area contributed by atoms with Gasteiger partial charge in [-0.1, -0.05) is 12.1 Å². The number of anilines is 2. The van der Waals surface area contributed by atoms with Crippen molar-refractivity contribution < 1.29 is 9.47 Å². The number of hydrogen-bond acceptors (Lipinski definition) is 9. The summed E-state index contributed by atoms with van der Waals surface area (Å²) in [6, 6.07) is 19.0. The predicted molar refractivity (Wildman–Crippen MR) is 134 cm³/mol. The van der Waals surface area contributed by atoms with E-state index in [1.165, 1.54) is 0 Å². The summed E-state index contributed by atoms with van der Waals surface area (Å²) >= 11 is 0. The molecule has 35 heavy (non-hydrogen) atoms. The average Bonchev–Trinajstić information content (AvgIpc) is 3.40. The van der Waals surface area contributed by atoms with Gasteiger partial charge in [0.1, 0.15) is 41.9 Å². The smallest absolute Gasteiger partial charge is 0.155 e. The van der Waals surface area contributed by atoms with Gasteiger partial charge in [0, 0.05) is 35.9 Å². The Labute approximate surface area is 202 Å². The van der Waals surface area contributed by atoms with Crippen LogP contribution in [0.4, 0.5) is 11.5 Å². The zero-order chi connectivity index (χ0) is 24.0. The van der Waals surface area contributed by atoms with Crippen molar-refractivity contribution in [3.8, 4) is 28.6 Å². The van der Waals surface area contributed by atoms with Crippen LogP contribution in [0, 0.1) is 13.8 Å². The zero-order valence-electron chi connectivity index (χ0n) is 19.3. The first-order valence-electron chi connectivity index (χ1n) is 11.1. The molecule has 0 amide bonds. The molecule has 0 saturated carbocycles. The lowest BCUT2D eigenvalue weighted by Gasteiger charge is -2.14. The summed E-state index contributed by atoms with van der Waals surface area (Å²) in [5.74, 6) is 2.60. The third kappa shape index (κ3) is 5.47. The molecule has 0 bridgehead atoms. The number of benzene rings is 1. The Morgan fingerprint density at radius 1 is 0.914 bits per heavy atom. The van der Waals surface area contributed by atoms with E-state index in [-0.39, 0.29) is 0 Å². The minimum atomic E-state index is 0.348. The van der Waals surface area contributed by atoms with Crippen molar-refractivity contribution in [3.63, 3.8) is 0 Å². The molecular weight excluding hydrogens is 442 g/mol. The fourth-order valence-electron chi connectivity index (χ4n) is 3.41. The molecule has 1 aliphatic rings.